The lowest BCUT2D eigenvalue weighted by Crippen LogP contribution is -2.30. The Labute approximate surface area is 289 Å². The first kappa shape index (κ1) is 23.9. The van der Waals surface area contributed by atoms with Gasteiger partial charge in [0.1, 0.15) is 22.6 Å². The van der Waals surface area contributed by atoms with Gasteiger partial charge in [0.05, 0.1) is 7.05 Å². The molecule has 3 heterocycles. The summed E-state index contributed by atoms with van der Waals surface area (Å²) in [5.74, 6) is 0.766. The van der Waals surface area contributed by atoms with Gasteiger partial charge in [0.25, 0.3) is 5.82 Å². The largest absolute Gasteiger partial charge is 0.453 e. The summed E-state index contributed by atoms with van der Waals surface area (Å²) in [5.41, 5.74) is 10.6. The summed E-state index contributed by atoms with van der Waals surface area (Å²) in [6.07, 6.45) is 0. The maximum absolute atomic E-state index is 8.21. The first-order valence-electron chi connectivity index (χ1n) is 19.5. The van der Waals surface area contributed by atoms with Gasteiger partial charge in [-0.15, -0.1) is 0 Å². The van der Waals surface area contributed by atoms with E-state index in [1.54, 1.807) is 6.07 Å². The number of aromatic nitrogens is 4. The molecule has 0 aliphatic heterocycles. The summed E-state index contributed by atoms with van der Waals surface area (Å²) >= 11 is 0. The highest BCUT2D eigenvalue weighted by Crippen LogP contribution is 2.44. The van der Waals surface area contributed by atoms with Crippen LogP contribution in [0.3, 0.4) is 0 Å². The Kier molecular flexibility index (Phi) is 5.57. The molecule has 0 amide bonds. The van der Waals surface area contributed by atoms with Crippen LogP contribution in [0, 0.1) is 20.6 Å². The fourth-order valence-electron chi connectivity index (χ4n) is 7.30. The zero-order chi connectivity index (χ0) is 38.4. The summed E-state index contributed by atoms with van der Waals surface area (Å²) in [7, 11) is 2.07. The molecule has 5 heteroatoms. The van der Waals surface area contributed by atoms with Crippen LogP contribution in [0.15, 0.2) is 95.4 Å². The van der Waals surface area contributed by atoms with Gasteiger partial charge in [0.2, 0.25) is 0 Å². The molecule has 8 rings (SSSR count). The zero-order valence-corrected chi connectivity index (χ0v) is 28.0. The molecule has 0 aliphatic rings. The molecule has 0 bridgehead atoms. The fourth-order valence-corrected chi connectivity index (χ4v) is 7.30. The Morgan fingerprint density at radius 1 is 0.729 bits per heavy atom. The number of hydrogen-bond donors (Lipinski definition) is 0. The van der Waals surface area contributed by atoms with Crippen molar-refractivity contribution in [3.8, 4) is 28.2 Å². The summed E-state index contributed by atoms with van der Waals surface area (Å²) in [6, 6.07) is 31.1. The SMILES string of the molecule is [2H]C([2H])([2H])c1nc(C([2H])([2H])[2H])c2ccc3c4ccc(C)c(-c5n(-c6c(C(C)C)cc(-c7ccccc7)cc6C(C)C)c6ccccc6[n+]5C)c4oc3c2n1. The monoisotopic (exact) mass is 635 g/mol. The van der Waals surface area contributed by atoms with Crippen molar-refractivity contribution in [2.75, 3.05) is 0 Å². The van der Waals surface area contributed by atoms with Crippen molar-refractivity contribution in [1.82, 2.24) is 14.5 Å². The second-order valence-corrected chi connectivity index (χ2v) is 13.4. The van der Waals surface area contributed by atoms with Gasteiger partial charge in [-0.05, 0) is 79.5 Å². The molecular weight excluding hydrogens is 589 g/mol. The molecule has 8 aromatic rings. The molecule has 0 N–H and O–H groups in total. The Morgan fingerprint density at radius 3 is 2.10 bits per heavy atom. The number of fused-ring (bicyclic) bond motifs is 6. The predicted octanol–water partition coefficient (Wildman–Crippen LogP) is 10.8. The van der Waals surface area contributed by atoms with Gasteiger partial charge in [-0.25, -0.2) is 14.5 Å². The number of nitrogens with zero attached hydrogens (tertiary/aromatic N) is 4. The molecule has 48 heavy (non-hydrogen) atoms. The summed E-state index contributed by atoms with van der Waals surface area (Å²) in [4.78, 5) is 8.50. The average molecular weight is 636 g/mol. The van der Waals surface area contributed by atoms with Crippen LogP contribution in [0.1, 0.15) is 76.0 Å². The van der Waals surface area contributed by atoms with Crippen LogP contribution in [0.25, 0.3) is 72.1 Å². The minimum absolute atomic E-state index is 0.158. The number of para-hydroxylation sites is 2. The quantitative estimate of drug-likeness (QED) is 0.177. The lowest BCUT2D eigenvalue weighted by molar-refractivity contribution is -0.633. The van der Waals surface area contributed by atoms with Crippen molar-refractivity contribution in [3.05, 3.63) is 119 Å². The standard InChI is InChI=1S/C43H41N4O/c1-24(2)34-22-30(29-14-10-9-11-15-29)23-35(25(3)4)40(34)47-37-17-13-12-16-36(37)46(8)43(47)38-26(5)18-19-32-33-21-20-31-27(6)44-28(7)45-39(31)42(33)48-41(32)38/h9-25H,1-8H3/q+1/i6D3,7D3. The maximum Gasteiger partial charge on any atom is 0.299 e. The topological polar surface area (TPSA) is 47.7 Å². The Morgan fingerprint density at radius 2 is 1.40 bits per heavy atom. The zero-order valence-electron chi connectivity index (χ0n) is 34.0. The molecule has 0 aliphatic carbocycles. The van der Waals surface area contributed by atoms with Crippen LogP contribution in [0.5, 0.6) is 0 Å². The molecule has 0 saturated carbocycles. The van der Waals surface area contributed by atoms with Crippen molar-refractivity contribution >= 4 is 43.9 Å². The highest BCUT2D eigenvalue weighted by Gasteiger charge is 2.34. The van der Waals surface area contributed by atoms with E-state index in [0.717, 1.165) is 39.1 Å². The van der Waals surface area contributed by atoms with Gasteiger partial charge in [-0.2, -0.15) is 4.57 Å². The first-order valence-corrected chi connectivity index (χ1v) is 16.5. The van der Waals surface area contributed by atoms with E-state index in [2.05, 4.69) is 121 Å². The molecule has 3 aromatic heterocycles. The molecule has 5 nitrogen and oxygen atoms in total. The normalized spacial score (nSPS) is 14.5. The Bertz CT molecular complexity index is 2750. The van der Waals surface area contributed by atoms with Gasteiger partial charge in [-0.1, -0.05) is 88.4 Å². The lowest BCUT2D eigenvalue weighted by Gasteiger charge is -2.21. The second kappa shape index (κ2) is 11.2. The van der Waals surface area contributed by atoms with Gasteiger partial charge < -0.3 is 4.42 Å². The summed E-state index contributed by atoms with van der Waals surface area (Å²) in [6.45, 7) is 5.62. The predicted molar refractivity (Wildman–Crippen MR) is 198 cm³/mol. The lowest BCUT2D eigenvalue weighted by atomic mass is 9.88. The van der Waals surface area contributed by atoms with Crippen LogP contribution in [-0.4, -0.2) is 14.5 Å². The van der Waals surface area contributed by atoms with Crippen molar-refractivity contribution in [2.45, 2.75) is 60.2 Å². The van der Waals surface area contributed by atoms with Gasteiger partial charge in [0.15, 0.2) is 22.2 Å². The number of furan rings is 1. The van der Waals surface area contributed by atoms with Gasteiger partial charge in [0, 0.05) is 41.2 Å². The van der Waals surface area contributed by atoms with Crippen molar-refractivity contribution in [1.29, 1.82) is 0 Å². The maximum atomic E-state index is 8.21. The van der Waals surface area contributed by atoms with E-state index in [1.165, 1.54) is 22.3 Å². The van der Waals surface area contributed by atoms with Crippen LogP contribution >= 0.6 is 0 Å². The second-order valence-electron chi connectivity index (χ2n) is 13.4. The van der Waals surface area contributed by atoms with E-state index >= 15 is 0 Å². The fraction of sp³-hybridized carbons (Fsp3) is 0.233. The van der Waals surface area contributed by atoms with Crippen LogP contribution in [0.2, 0.25) is 0 Å². The summed E-state index contributed by atoms with van der Waals surface area (Å²) < 4.78 is 60.3. The van der Waals surface area contributed by atoms with E-state index in [9.17, 15) is 0 Å². The van der Waals surface area contributed by atoms with Crippen molar-refractivity contribution in [2.24, 2.45) is 7.05 Å². The molecule has 0 atom stereocenters. The molecule has 0 radical (unpaired) electrons. The molecular formula is C43H41N4O+. The third-order valence-corrected chi connectivity index (χ3v) is 9.66. The minimum atomic E-state index is -2.73. The number of rotatable bonds is 5. The van der Waals surface area contributed by atoms with E-state index < -0.39 is 19.5 Å². The van der Waals surface area contributed by atoms with Crippen molar-refractivity contribution in [3.63, 3.8) is 0 Å². The average Bonchev–Trinajstić information content (AvgIpc) is 3.65. The number of hydrogen-bond acceptors (Lipinski definition) is 3. The minimum Gasteiger partial charge on any atom is -0.453 e. The highest BCUT2D eigenvalue weighted by molar-refractivity contribution is 6.16. The molecule has 0 fully saturated rings. The third kappa shape index (κ3) is 4.48. The number of benzene rings is 5. The Balaban J connectivity index is 1.51. The van der Waals surface area contributed by atoms with E-state index in [1.807, 2.05) is 24.3 Å². The molecule has 0 saturated heterocycles. The Hall–Kier alpha value is -5.29. The van der Waals surface area contributed by atoms with Crippen LogP contribution in [0.4, 0.5) is 0 Å². The molecule has 0 spiro atoms. The summed E-state index contributed by atoms with van der Waals surface area (Å²) in [5, 5.41) is 1.74. The van der Waals surface area contributed by atoms with E-state index in [4.69, 9.17) is 12.6 Å². The first-order chi connectivity index (χ1) is 25.6. The van der Waals surface area contributed by atoms with Crippen LogP contribution < -0.4 is 4.57 Å². The molecule has 238 valence electrons. The number of imidazole rings is 1. The van der Waals surface area contributed by atoms with Gasteiger partial charge in [-0.3, -0.25) is 0 Å². The highest BCUT2D eigenvalue weighted by atomic mass is 16.3. The molecule has 5 aromatic carbocycles. The van der Waals surface area contributed by atoms with Crippen LogP contribution in [-0.2, 0) is 7.05 Å². The van der Waals surface area contributed by atoms with Crippen molar-refractivity contribution < 1.29 is 17.2 Å². The third-order valence-electron chi connectivity index (χ3n) is 9.66. The van der Waals surface area contributed by atoms with Gasteiger partial charge >= 0.3 is 0 Å². The van der Waals surface area contributed by atoms with E-state index in [0.29, 0.717) is 16.6 Å². The number of aryl methyl sites for hydroxylation is 4. The molecule has 0 unspecified atom stereocenters. The smallest absolute Gasteiger partial charge is 0.299 e. The van der Waals surface area contributed by atoms with E-state index in [-0.39, 0.29) is 28.4 Å².